The number of carboxylic acids is 1. The third kappa shape index (κ3) is 3.65. The molecule has 2 aromatic carbocycles. The average Bonchev–Trinajstić information content (AvgIpc) is 2.42. The van der Waals surface area contributed by atoms with Crippen LogP contribution in [0.4, 0.5) is 0 Å². The molecule has 0 fully saturated rings. The first-order chi connectivity index (χ1) is 9.58. The summed E-state index contributed by atoms with van der Waals surface area (Å²) in [4.78, 5) is 10.9. The maximum atomic E-state index is 10.9. The van der Waals surface area contributed by atoms with Crippen molar-refractivity contribution in [3.05, 3.63) is 53.1 Å². The van der Waals surface area contributed by atoms with Crippen LogP contribution in [0.25, 0.3) is 0 Å². The molecule has 0 radical (unpaired) electrons. The molecule has 1 N–H and O–H groups in total. The molecular formula is C15H13ClO4. The smallest absolute Gasteiger partial charge is 0.307 e. The standard InChI is InChI=1S/C15H13ClO4/c1-19-12-3-5-13(6-4-12)20-14-7-2-11(16)8-10(14)9-15(17)18/h2-8H,9H2,1H3,(H,17,18). The summed E-state index contributed by atoms with van der Waals surface area (Å²) in [5.41, 5.74) is 0.529. The van der Waals surface area contributed by atoms with E-state index in [2.05, 4.69) is 0 Å². The molecule has 0 aliphatic rings. The summed E-state index contributed by atoms with van der Waals surface area (Å²) in [7, 11) is 1.58. The second kappa shape index (κ2) is 6.30. The zero-order valence-electron chi connectivity index (χ0n) is 10.8. The normalized spacial score (nSPS) is 10.1. The van der Waals surface area contributed by atoms with Gasteiger partial charge in [0, 0.05) is 10.6 Å². The first kappa shape index (κ1) is 14.2. The second-order valence-electron chi connectivity index (χ2n) is 4.10. The second-order valence-corrected chi connectivity index (χ2v) is 4.54. The number of methoxy groups -OCH3 is 1. The monoisotopic (exact) mass is 292 g/mol. The van der Waals surface area contributed by atoms with E-state index in [0.717, 1.165) is 5.75 Å². The summed E-state index contributed by atoms with van der Waals surface area (Å²) in [5.74, 6) is 0.854. The van der Waals surface area contributed by atoms with Gasteiger partial charge in [0.15, 0.2) is 0 Å². The fourth-order valence-corrected chi connectivity index (χ4v) is 1.91. The van der Waals surface area contributed by atoms with Crippen molar-refractivity contribution in [1.29, 1.82) is 0 Å². The van der Waals surface area contributed by atoms with Crippen LogP contribution in [0.2, 0.25) is 5.02 Å². The summed E-state index contributed by atoms with van der Waals surface area (Å²) in [6, 6.07) is 11.9. The summed E-state index contributed by atoms with van der Waals surface area (Å²) in [5, 5.41) is 9.38. The molecule has 0 saturated heterocycles. The molecule has 0 heterocycles. The molecule has 0 unspecified atom stereocenters. The van der Waals surface area contributed by atoms with Crippen molar-refractivity contribution < 1.29 is 19.4 Å². The van der Waals surface area contributed by atoms with E-state index in [4.69, 9.17) is 26.2 Å². The van der Waals surface area contributed by atoms with Crippen LogP contribution in [0.3, 0.4) is 0 Å². The largest absolute Gasteiger partial charge is 0.497 e. The van der Waals surface area contributed by atoms with Crippen LogP contribution in [0.1, 0.15) is 5.56 Å². The zero-order chi connectivity index (χ0) is 14.5. The number of halogens is 1. The minimum Gasteiger partial charge on any atom is -0.497 e. The van der Waals surface area contributed by atoms with Gasteiger partial charge >= 0.3 is 5.97 Å². The minimum absolute atomic E-state index is 0.147. The van der Waals surface area contributed by atoms with Gasteiger partial charge in [-0.05, 0) is 42.5 Å². The summed E-state index contributed by atoms with van der Waals surface area (Å²) < 4.78 is 10.7. The molecule has 0 aliphatic heterocycles. The van der Waals surface area contributed by atoms with Crippen molar-refractivity contribution >= 4 is 17.6 Å². The molecule has 0 spiro atoms. The Morgan fingerprint density at radius 1 is 1.15 bits per heavy atom. The van der Waals surface area contributed by atoms with E-state index in [1.807, 2.05) is 0 Å². The lowest BCUT2D eigenvalue weighted by Gasteiger charge is -2.11. The van der Waals surface area contributed by atoms with Crippen molar-refractivity contribution in [2.75, 3.05) is 7.11 Å². The Bertz CT molecular complexity index is 608. The molecule has 104 valence electrons. The predicted molar refractivity (Wildman–Crippen MR) is 75.9 cm³/mol. The molecular weight excluding hydrogens is 280 g/mol. The van der Waals surface area contributed by atoms with Gasteiger partial charge in [0.2, 0.25) is 0 Å². The minimum atomic E-state index is -0.938. The molecule has 0 saturated carbocycles. The molecule has 2 rings (SSSR count). The van der Waals surface area contributed by atoms with Crippen LogP contribution in [-0.4, -0.2) is 18.2 Å². The number of hydrogen-bond donors (Lipinski definition) is 1. The first-order valence-electron chi connectivity index (χ1n) is 5.90. The third-order valence-electron chi connectivity index (χ3n) is 2.65. The first-order valence-corrected chi connectivity index (χ1v) is 6.28. The van der Waals surface area contributed by atoms with Crippen LogP contribution in [0.5, 0.6) is 17.2 Å². The van der Waals surface area contributed by atoms with Crippen molar-refractivity contribution in [3.8, 4) is 17.2 Å². The molecule has 4 nitrogen and oxygen atoms in total. The Balaban J connectivity index is 2.25. The molecule has 0 aromatic heterocycles. The van der Waals surface area contributed by atoms with Crippen LogP contribution in [0, 0.1) is 0 Å². The molecule has 0 bridgehead atoms. The Labute approximate surface area is 121 Å². The quantitative estimate of drug-likeness (QED) is 0.911. The van der Waals surface area contributed by atoms with Crippen LogP contribution in [0.15, 0.2) is 42.5 Å². The number of rotatable bonds is 5. The van der Waals surface area contributed by atoms with Gasteiger partial charge in [-0.15, -0.1) is 0 Å². The third-order valence-corrected chi connectivity index (χ3v) is 2.89. The highest BCUT2D eigenvalue weighted by molar-refractivity contribution is 6.30. The van der Waals surface area contributed by atoms with Crippen LogP contribution < -0.4 is 9.47 Å². The van der Waals surface area contributed by atoms with Gasteiger partial charge in [-0.25, -0.2) is 0 Å². The summed E-state index contributed by atoms with van der Waals surface area (Å²) in [6.07, 6.45) is -0.147. The van der Waals surface area contributed by atoms with Crippen LogP contribution >= 0.6 is 11.6 Å². The van der Waals surface area contributed by atoms with E-state index in [9.17, 15) is 4.79 Å². The van der Waals surface area contributed by atoms with Gasteiger partial charge in [0.1, 0.15) is 17.2 Å². The molecule has 2 aromatic rings. The van der Waals surface area contributed by atoms with Gasteiger partial charge in [0.05, 0.1) is 13.5 Å². The lowest BCUT2D eigenvalue weighted by molar-refractivity contribution is -0.136. The van der Waals surface area contributed by atoms with Gasteiger partial charge in [-0.2, -0.15) is 0 Å². The molecule has 20 heavy (non-hydrogen) atoms. The number of aliphatic carboxylic acids is 1. The summed E-state index contributed by atoms with van der Waals surface area (Å²) in [6.45, 7) is 0. The number of carboxylic acid groups (broad SMARTS) is 1. The van der Waals surface area contributed by atoms with Crippen LogP contribution in [-0.2, 0) is 11.2 Å². The molecule has 5 heteroatoms. The lowest BCUT2D eigenvalue weighted by Crippen LogP contribution is -2.02. The van der Waals surface area contributed by atoms with E-state index in [0.29, 0.717) is 22.1 Å². The fraction of sp³-hybridized carbons (Fsp3) is 0.133. The molecule has 0 amide bonds. The highest BCUT2D eigenvalue weighted by Crippen LogP contribution is 2.29. The number of ether oxygens (including phenoxy) is 2. The Morgan fingerprint density at radius 3 is 2.40 bits per heavy atom. The van der Waals surface area contributed by atoms with Crippen molar-refractivity contribution in [1.82, 2.24) is 0 Å². The summed E-state index contributed by atoms with van der Waals surface area (Å²) >= 11 is 5.88. The maximum absolute atomic E-state index is 10.9. The predicted octanol–water partition coefficient (Wildman–Crippen LogP) is 3.77. The van der Waals surface area contributed by atoms with Gasteiger partial charge in [-0.1, -0.05) is 11.6 Å². The van der Waals surface area contributed by atoms with E-state index in [1.54, 1.807) is 49.6 Å². The van der Waals surface area contributed by atoms with Crippen molar-refractivity contribution in [2.45, 2.75) is 6.42 Å². The average molecular weight is 293 g/mol. The molecule has 0 atom stereocenters. The highest BCUT2D eigenvalue weighted by atomic mass is 35.5. The van der Waals surface area contributed by atoms with E-state index in [1.165, 1.54) is 0 Å². The fourth-order valence-electron chi connectivity index (χ4n) is 1.72. The van der Waals surface area contributed by atoms with Crippen molar-refractivity contribution in [2.24, 2.45) is 0 Å². The number of carbonyl (C=O) groups is 1. The zero-order valence-corrected chi connectivity index (χ0v) is 11.6. The Kier molecular flexibility index (Phi) is 4.48. The van der Waals surface area contributed by atoms with Gasteiger partial charge < -0.3 is 14.6 Å². The van der Waals surface area contributed by atoms with E-state index in [-0.39, 0.29) is 6.42 Å². The lowest BCUT2D eigenvalue weighted by atomic mass is 10.1. The van der Waals surface area contributed by atoms with Gasteiger partial charge in [-0.3, -0.25) is 4.79 Å². The number of hydrogen-bond acceptors (Lipinski definition) is 3. The van der Waals surface area contributed by atoms with Crippen molar-refractivity contribution in [3.63, 3.8) is 0 Å². The highest BCUT2D eigenvalue weighted by Gasteiger charge is 2.10. The van der Waals surface area contributed by atoms with E-state index < -0.39 is 5.97 Å². The SMILES string of the molecule is COc1ccc(Oc2ccc(Cl)cc2CC(=O)O)cc1. The molecule has 0 aliphatic carbocycles. The van der Waals surface area contributed by atoms with Gasteiger partial charge in [0.25, 0.3) is 0 Å². The Morgan fingerprint density at radius 2 is 1.80 bits per heavy atom. The topological polar surface area (TPSA) is 55.8 Å². The van der Waals surface area contributed by atoms with E-state index >= 15 is 0 Å². The number of benzene rings is 2. The Hall–Kier alpha value is -2.20. The maximum Gasteiger partial charge on any atom is 0.307 e.